The Morgan fingerprint density at radius 2 is 0.472 bits per heavy atom. The molecule has 20 rings (SSSR count). The van der Waals surface area contributed by atoms with Crippen molar-refractivity contribution < 1.29 is 0 Å². The minimum absolute atomic E-state index is 1.07. The minimum Gasteiger partial charge on any atom is -0.310 e. The molecule has 0 amide bonds. The van der Waals surface area contributed by atoms with Crippen molar-refractivity contribution in [3.63, 3.8) is 0 Å². The van der Waals surface area contributed by atoms with E-state index in [0.717, 1.165) is 56.4 Å². The van der Waals surface area contributed by atoms with E-state index in [0.29, 0.717) is 0 Å². The van der Waals surface area contributed by atoms with Crippen molar-refractivity contribution in [2.75, 3.05) is 9.80 Å². The number of para-hydroxylation sites is 1. The normalized spacial score (nSPS) is 11.6. The molecule has 0 radical (unpaired) electrons. The Hall–Kier alpha value is -13.9. The van der Waals surface area contributed by atoms with Crippen LogP contribution in [-0.4, -0.2) is 0 Å². The van der Waals surface area contributed by atoms with Gasteiger partial charge in [0.05, 0.1) is 5.69 Å². The summed E-state index contributed by atoms with van der Waals surface area (Å²) in [6, 6.07) is 152. The fraction of sp³-hybridized carbons (Fsp3) is 0. The number of nitrogens with zero attached hydrogens (tertiary/aromatic N) is 2. The molecule has 0 saturated heterocycles. The van der Waals surface area contributed by atoms with Crippen molar-refractivity contribution in [3.8, 4) is 77.9 Å². The molecule has 0 atom stereocenters. The average molecular weight is 1350 g/mol. The first kappa shape index (κ1) is 61.9. The van der Waals surface area contributed by atoms with Gasteiger partial charge in [0, 0.05) is 34.0 Å². The highest BCUT2D eigenvalue weighted by molar-refractivity contribution is 6.25. The van der Waals surface area contributed by atoms with Gasteiger partial charge in [0.15, 0.2) is 0 Å². The molecule has 106 heavy (non-hydrogen) atoms. The fourth-order valence-electron chi connectivity index (χ4n) is 16.8. The Labute approximate surface area is 616 Å². The maximum atomic E-state index is 2.46. The summed E-state index contributed by atoms with van der Waals surface area (Å²) in [7, 11) is 0. The van der Waals surface area contributed by atoms with E-state index >= 15 is 0 Å². The highest BCUT2D eigenvalue weighted by atomic mass is 15.1. The van der Waals surface area contributed by atoms with Crippen LogP contribution in [0.15, 0.2) is 413 Å². The van der Waals surface area contributed by atoms with Crippen molar-refractivity contribution >= 4 is 120 Å². The van der Waals surface area contributed by atoms with Crippen LogP contribution in [0.3, 0.4) is 0 Å². The number of hydrogen-bond acceptors (Lipinski definition) is 2. The smallest absolute Gasteiger partial charge is 0.0540 e. The first-order valence-corrected chi connectivity index (χ1v) is 36.6. The van der Waals surface area contributed by atoms with Gasteiger partial charge in [-0.05, 0) is 243 Å². The van der Waals surface area contributed by atoms with Gasteiger partial charge in [-0.2, -0.15) is 0 Å². The molecule has 20 aromatic carbocycles. The van der Waals surface area contributed by atoms with Crippen LogP contribution in [0.25, 0.3) is 164 Å². The molecular weight excluding hydrogens is 1280 g/mol. The van der Waals surface area contributed by atoms with Crippen LogP contribution >= 0.6 is 0 Å². The number of fused-ring (bicyclic) bond motifs is 12. The quantitative estimate of drug-likeness (QED) is 0.106. The first-order valence-electron chi connectivity index (χ1n) is 36.6. The van der Waals surface area contributed by atoms with Crippen molar-refractivity contribution in [3.05, 3.63) is 413 Å². The molecule has 0 N–H and O–H groups in total. The SMILES string of the molecule is c1ccc(-c2cccc(N(c3ccc(-c4cccc5c(-c6ccc7c(-c8ccc(N(c9ccc(-c%10cccc%11ccccc%10%11)cc9)c9ccccc9-c9ccccc9)cc8)cc8ccc9ccccc9c8c7c6)cccc45)cc3)c3ccc(-c4cc5ccc6ccccc6c5c5ccccc45)cc3)c2)cc1. The third-order valence-electron chi connectivity index (χ3n) is 21.8. The lowest BCUT2D eigenvalue weighted by molar-refractivity contribution is 1.28. The summed E-state index contributed by atoms with van der Waals surface area (Å²) < 4.78 is 0. The van der Waals surface area contributed by atoms with E-state index in [1.807, 2.05) is 0 Å². The van der Waals surface area contributed by atoms with Gasteiger partial charge in [-0.3, -0.25) is 0 Å². The molecule has 2 nitrogen and oxygen atoms in total. The highest BCUT2D eigenvalue weighted by Gasteiger charge is 2.22. The van der Waals surface area contributed by atoms with Crippen LogP contribution in [0.5, 0.6) is 0 Å². The monoisotopic (exact) mass is 1340 g/mol. The van der Waals surface area contributed by atoms with Gasteiger partial charge >= 0.3 is 0 Å². The van der Waals surface area contributed by atoms with E-state index in [-0.39, 0.29) is 0 Å². The Kier molecular flexibility index (Phi) is 15.3. The summed E-state index contributed by atoms with van der Waals surface area (Å²) >= 11 is 0. The van der Waals surface area contributed by atoms with E-state index in [4.69, 9.17) is 0 Å². The highest BCUT2D eigenvalue weighted by Crippen LogP contribution is 2.48. The molecule has 494 valence electrons. The lowest BCUT2D eigenvalue weighted by Gasteiger charge is -2.28. The molecule has 0 fully saturated rings. The van der Waals surface area contributed by atoms with Crippen LogP contribution < -0.4 is 9.80 Å². The van der Waals surface area contributed by atoms with Gasteiger partial charge in [-0.15, -0.1) is 0 Å². The van der Waals surface area contributed by atoms with Gasteiger partial charge < -0.3 is 9.80 Å². The van der Waals surface area contributed by atoms with E-state index < -0.39 is 0 Å². The van der Waals surface area contributed by atoms with Crippen LogP contribution in [0.2, 0.25) is 0 Å². The molecular formula is C104H68N2. The summed E-state index contributed by atoms with van der Waals surface area (Å²) in [6.45, 7) is 0. The van der Waals surface area contributed by atoms with Crippen molar-refractivity contribution in [2.45, 2.75) is 0 Å². The summed E-state index contributed by atoms with van der Waals surface area (Å²) in [5.41, 5.74) is 23.0. The van der Waals surface area contributed by atoms with Gasteiger partial charge in [0.1, 0.15) is 0 Å². The molecule has 0 aliphatic rings. The molecule has 0 aliphatic heterocycles. The largest absolute Gasteiger partial charge is 0.310 e. The predicted octanol–water partition coefficient (Wildman–Crippen LogP) is 29.5. The number of anilines is 6. The van der Waals surface area contributed by atoms with E-state index in [2.05, 4.69) is 422 Å². The molecule has 0 saturated carbocycles. The third-order valence-corrected chi connectivity index (χ3v) is 21.8. The molecule has 0 aromatic heterocycles. The van der Waals surface area contributed by atoms with E-state index in [9.17, 15) is 0 Å². The second-order valence-corrected chi connectivity index (χ2v) is 27.8. The second kappa shape index (κ2) is 26.2. The zero-order valence-electron chi connectivity index (χ0n) is 58.2. The van der Waals surface area contributed by atoms with Crippen molar-refractivity contribution in [1.29, 1.82) is 0 Å². The maximum Gasteiger partial charge on any atom is 0.0540 e. The number of rotatable bonds is 13. The number of hydrogen-bond donors (Lipinski definition) is 0. The lowest BCUT2D eigenvalue weighted by Crippen LogP contribution is -2.11. The van der Waals surface area contributed by atoms with Crippen molar-refractivity contribution in [1.82, 2.24) is 0 Å². The van der Waals surface area contributed by atoms with Gasteiger partial charge in [-0.25, -0.2) is 0 Å². The predicted molar refractivity (Wildman–Crippen MR) is 454 cm³/mol. The fourth-order valence-corrected chi connectivity index (χ4v) is 16.8. The Balaban J connectivity index is 0.665. The Morgan fingerprint density at radius 3 is 1.05 bits per heavy atom. The minimum atomic E-state index is 1.07. The second-order valence-electron chi connectivity index (χ2n) is 27.8. The Bertz CT molecular complexity index is 6780. The molecule has 0 heterocycles. The summed E-state index contributed by atoms with van der Waals surface area (Å²) in [4.78, 5) is 4.81. The third kappa shape index (κ3) is 10.9. The van der Waals surface area contributed by atoms with Crippen LogP contribution in [-0.2, 0) is 0 Å². The molecule has 20 aromatic rings. The topological polar surface area (TPSA) is 6.48 Å². The zero-order chi connectivity index (χ0) is 70.0. The maximum absolute atomic E-state index is 2.46. The summed E-state index contributed by atoms with van der Waals surface area (Å²) in [6.07, 6.45) is 0. The van der Waals surface area contributed by atoms with Crippen molar-refractivity contribution in [2.24, 2.45) is 0 Å². The first-order chi connectivity index (χ1) is 52.6. The van der Waals surface area contributed by atoms with Crippen LogP contribution in [0, 0.1) is 0 Å². The standard InChI is InChI=1S/C104H68N2/c1-3-21-69(22-4-1)78-29-17-30-86(65-78)105(83-58-51-76(52-59-83)99-67-80-45-43-72-26-8-11-33-92(72)103(80)98-36-14-13-35-96(98)99)82-56-47-75(48-57-82)89-38-19-41-95-90(39-20-40-94(89)95)79-55-64-97-100(68-81-46-44-73-27-9-12-34-93(73)104(81)101(97)66-79)77-53-62-85(63-54-77)106(102-42-16-15-32-91(102)71-23-5-2-6-24-71)84-60-49-74(50-61-84)88-37-18-28-70-25-7-10-31-87(70)88/h1-68H. The molecule has 0 bridgehead atoms. The zero-order valence-corrected chi connectivity index (χ0v) is 58.2. The Morgan fingerprint density at radius 1 is 0.132 bits per heavy atom. The molecule has 0 unspecified atom stereocenters. The van der Waals surface area contributed by atoms with E-state index in [1.54, 1.807) is 0 Å². The van der Waals surface area contributed by atoms with Gasteiger partial charge in [-0.1, -0.05) is 328 Å². The summed E-state index contributed by atoms with van der Waals surface area (Å²) in [5.74, 6) is 0. The van der Waals surface area contributed by atoms with E-state index in [1.165, 1.54) is 142 Å². The molecule has 0 spiro atoms. The average Bonchev–Trinajstić information content (AvgIpc) is 0.689. The van der Waals surface area contributed by atoms with Gasteiger partial charge in [0.25, 0.3) is 0 Å². The van der Waals surface area contributed by atoms with Crippen LogP contribution in [0.4, 0.5) is 34.1 Å². The number of benzene rings is 20. The lowest BCUT2D eigenvalue weighted by atomic mass is 9.87. The molecule has 0 aliphatic carbocycles. The molecule has 2 heteroatoms. The summed E-state index contributed by atoms with van der Waals surface area (Å²) in [5, 5.41) is 19.9. The van der Waals surface area contributed by atoms with Gasteiger partial charge in [0.2, 0.25) is 0 Å². The van der Waals surface area contributed by atoms with Crippen LogP contribution in [0.1, 0.15) is 0 Å².